The largest absolute Gasteiger partial charge is 0.396 e. The third-order valence-electron chi connectivity index (χ3n) is 2.81. The number of halogens is 1. The van der Waals surface area contributed by atoms with Crippen molar-refractivity contribution >= 4 is 35.0 Å². The van der Waals surface area contributed by atoms with E-state index >= 15 is 0 Å². The van der Waals surface area contributed by atoms with Gasteiger partial charge in [-0.3, -0.25) is 4.79 Å². The Hall–Kier alpha value is -0.750. The van der Waals surface area contributed by atoms with Crippen LogP contribution < -0.4 is 11.1 Å². The van der Waals surface area contributed by atoms with Crippen LogP contribution in [-0.4, -0.2) is 23.4 Å². The van der Waals surface area contributed by atoms with Crippen molar-refractivity contribution in [2.75, 3.05) is 17.7 Å². The minimum atomic E-state index is -0.632. The first kappa shape index (κ1) is 13.7. The van der Waals surface area contributed by atoms with Gasteiger partial charge >= 0.3 is 0 Å². The normalized spacial score (nSPS) is 19.6. The van der Waals surface area contributed by atoms with E-state index in [2.05, 4.69) is 5.32 Å². The van der Waals surface area contributed by atoms with Crippen molar-refractivity contribution in [3.05, 3.63) is 22.7 Å². The van der Waals surface area contributed by atoms with E-state index in [0.717, 1.165) is 21.9 Å². The summed E-state index contributed by atoms with van der Waals surface area (Å²) in [4.78, 5) is 12.3. The van der Waals surface area contributed by atoms with Gasteiger partial charge < -0.3 is 16.2 Å². The average molecular weight is 287 g/mol. The molecule has 98 valence electrons. The molecule has 18 heavy (non-hydrogen) atoms. The van der Waals surface area contributed by atoms with E-state index in [9.17, 15) is 4.79 Å². The predicted molar refractivity (Wildman–Crippen MR) is 74.0 cm³/mol. The van der Waals surface area contributed by atoms with E-state index in [1.807, 2.05) is 13.0 Å². The van der Waals surface area contributed by atoms with Crippen LogP contribution in [0.3, 0.4) is 0 Å². The van der Waals surface area contributed by atoms with Gasteiger partial charge in [0.25, 0.3) is 0 Å². The molecule has 1 amide bonds. The molecule has 0 spiro atoms. The van der Waals surface area contributed by atoms with Gasteiger partial charge in [0, 0.05) is 28.5 Å². The summed E-state index contributed by atoms with van der Waals surface area (Å²) in [5.41, 5.74) is 7.21. The van der Waals surface area contributed by atoms with E-state index in [0.29, 0.717) is 5.02 Å². The van der Waals surface area contributed by atoms with Crippen LogP contribution in [0.2, 0.25) is 5.02 Å². The molecule has 2 unspecified atom stereocenters. The molecular formula is C12H15ClN2O2S. The highest BCUT2D eigenvalue weighted by Crippen LogP contribution is 2.38. The van der Waals surface area contributed by atoms with Crippen LogP contribution in [0.4, 0.5) is 5.69 Å². The summed E-state index contributed by atoms with van der Waals surface area (Å²) < 4.78 is 0. The fraction of sp³-hybridized carbons (Fsp3) is 0.417. The molecule has 1 aromatic carbocycles. The van der Waals surface area contributed by atoms with Crippen molar-refractivity contribution in [2.45, 2.75) is 17.9 Å². The fourth-order valence-corrected chi connectivity index (χ4v) is 2.98. The number of aliphatic hydroxyl groups excluding tert-OH is 1. The van der Waals surface area contributed by atoms with Crippen LogP contribution in [0.15, 0.2) is 17.0 Å². The highest BCUT2D eigenvalue weighted by Gasteiger charge is 2.28. The number of rotatable bonds is 4. The smallest absolute Gasteiger partial charge is 0.245 e. The highest BCUT2D eigenvalue weighted by atomic mass is 35.5. The van der Waals surface area contributed by atoms with Crippen molar-refractivity contribution in [1.82, 2.24) is 0 Å². The molecule has 0 radical (unpaired) electrons. The number of thioether (sulfide) groups is 1. The SMILES string of the molecule is CC(CO)CSc1cc2c(cc1Cl)C(N)C(=O)N2. The van der Waals surface area contributed by atoms with Crippen LogP contribution in [0.25, 0.3) is 0 Å². The van der Waals surface area contributed by atoms with Gasteiger partial charge in [0.05, 0.1) is 5.02 Å². The monoisotopic (exact) mass is 286 g/mol. The maximum Gasteiger partial charge on any atom is 0.245 e. The molecule has 0 aromatic heterocycles. The van der Waals surface area contributed by atoms with Gasteiger partial charge in [-0.2, -0.15) is 0 Å². The van der Waals surface area contributed by atoms with Crippen molar-refractivity contribution in [3.63, 3.8) is 0 Å². The molecule has 1 aromatic rings. The summed E-state index contributed by atoms with van der Waals surface area (Å²) in [6.45, 7) is 2.11. The Kier molecular flexibility index (Phi) is 4.17. The zero-order valence-corrected chi connectivity index (χ0v) is 11.5. The van der Waals surface area contributed by atoms with Crippen LogP contribution >= 0.6 is 23.4 Å². The number of benzene rings is 1. The zero-order chi connectivity index (χ0) is 13.3. The molecule has 0 saturated heterocycles. The van der Waals surface area contributed by atoms with Gasteiger partial charge in [0.15, 0.2) is 0 Å². The lowest BCUT2D eigenvalue weighted by molar-refractivity contribution is -0.116. The highest BCUT2D eigenvalue weighted by molar-refractivity contribution is 7.99. The number of anilines is 1. The molecule has 1 aliphatic heterocycles. The summed E-state index contributed by atoms with van der Waals surface area (Å²) in [5.74, 6) is 0.776. The van der Waals surface area contributed by atoms with Gasteiger partial charge in [-0.1, -0.05) is 18.5 Å². The molecule has 4 nitrogen and oxygen atoms in total. The van der Waals surface area contributed by atoms with Gasteiger partial charge in [-0.25, -0.2) is 0 Å². The Morgan fingerprint density at radius 2 is 2.33 bits per heavy atom. The summed E-state index contributed by atoms with van der Waals surface area (Å²) in [5, 5.41) is 12.3. The molecule has 6 heteroatoms. The van der Waals surface area contributed by atoms with Gasteiger partial charge in [-0.05, 0) is 18.1 Å². The number of nitrogens with two attached hydrogens (primary N) is 1. The molecule has 0 fully saturated rings. The lowest BCUT2D eigenvalue weighted by Crippen LogP contribution is -2.19. The Morgan fingerprint density at radius 3 is 3.00 bits per heavy atom. The second-order valence-corrected chi connectivity index (χ2v) is 5.90. The van der Waals surface area contributed by atoms with Crippen molar-refractivity contribution in [1.29, 1.82) is 0 Å². The molecule has 0 aliphatic carbocycles. The second-order valence-electron chi connectivity index (χ2n) is 4.44. The van der Waals surface area contributed by atoms with Gasteiger partial charge in [-0.15, -0.1) is 11.8 Å². The summed E-state index contributed by atoms with van der Waals surface area (Å²) in [7, 11) is 0. The molecule has 2 atom stereocenters. The second kappa shape index (κ2) is 5.48. The predicted octanol–water partition coefficient (Wildman–Crippen LogP) is 2.01. The van der Waals surface area contributed by atoms with Gasteiger partial charge in [0.2, 0.25) is 5.91 Å². The number of fused-ring (bicyclic) bond motifs is 1. The molecule has 4 N–H and O–H groups in total. The minimum absolute atomic E-state index is 0.150. The van der Waals surface area contributed by atoms with E-state index in [1.165, 1.54) is 0 Å². The number of hydrogen-bond acceptors (Lipinski definition) is 4. The van der Waals surface area contributed by atoms with E-state index in [4.69, 9.17) is 22.4 Å². The van der Waals surface area contributed by atoms with Crippen molar-refractivity contribution in [2.24, 2.45) is 11.7 Å². The molecule has 0 saturated carbocycles. The maximum atomic E-state index is 11.4. The number of aliphatic hydroxyl groups is 1. The lowest BCUT2D eigenvalue weighted by atomic mass is 10.1. The number of hydrogen-bond donors (Lipinski definition) is 3. The standard InChI is InChI=1S/C12H15ClN2O2S/c1-6(4-16)5-18-10-3-9-7(2-8(10)13)11(14)12(17)15-9/h2-3,6,11,16H,4-5,14H2,1H3,(H,15,17). The van der Waals surface area contributed by atoms with Gasteiger partial charge in [0.1, 0.15) is 6.04 Å². The quantitative estimate of drug-likeness (QED) is 0.740. The van der Waals surface area contributed by atoms with Crippen LogP contribution in [0, 0.1) is 5.92 Å². The van der Waals surface area contributed by atoms with E-state index in [-0.39, 0.29) is 18.4 Å². The Balaban J connectivity index is 2.19. The number of carbonyl (C=O) groups excluding carboxylic acids is 1. The summed E-state index contributed by atoms with van der Waals surface area (Å²) >= 11 is 7.73. The molecule has 1 heterocycles. The summed E-state index contributed by atoms with van der Waals surface area (Å²) in [6, 6.07) is 2.95. The number of nitrogens with one attached hydrogen (secondary N) is 1. The fourth-order valence-electron chi connectivity index (χ4n) is 1.68. The number of carbonyl (C=O) groups is 1. The van der Waals surface area contributed by atoms with Crippen LogP contribution in [-0.2, 0) is 4.79 Å². The zero-order valence-electron chi connectivity index (χ0n) is 9.94. The Labute approximate surface area is 115 Å². The molecule has 0 bridgehead atoms. The Morgan fingerprint density at radius 1 is 1.61 bits per heavy atom. The lowest BCUT2D eigenvalue weighted by Gasteiger charge is -2.10. The van der Waals surface area contributed by atoms with Crippen molar-refractivity contribution in [3.8, 4) is 0 Å². The Bertz CT molecular complexity index is 481. The first-order valence-corrected chi connectivity index (χ1v) is 7.02. The minimum Gasteiger partial charge on any atom is -0.396 e. The van der Waals surface area contributed by atoms with Crippen LogP contribution in [0.1, 0.15) is 18.5 Å². The molecule has 1 aliphatic rings. The van der Waals surface area contributed by atoms with Crippen LogP contribution in [0.5, 0.6) is 0 Å². The number of amides is 1. The third-order valence-corrected chi connectivity index (χ3v) is 4.62. The van der Waals surface area contributed by atoms with E-state index < -0.39 is 6.04 Å². The average Bonchev–Trinajstić information content (AvgIpc) is 2.62. The molecular weight excluding hydrogens is 272 g/mol. The van der Waals surface area contributed by atoms with Crippen molar-refractivity contribution < 1.29 is 9.90 Å². The van der Waals surface area contributed by atoms with E-state index in [1.54, 1.807) is 17.8 Å². The topological polar surface area (TPSA) is 75.3 Å². The molecule has 2 rings (SSSR count). The first-order valence-electron chi connectivity index (χ1n) is 5.66. The third kappa shape index (κ3) is 2.64. The first-order chi connectivity index (χ1) is 8.52. The maximum absolute atomic E-state index is 11.4. The summed E-state index contributed by atoms with van der Waals surface area (Å²) in [6.07, 6.45) is 0.